The van der Waals surface area contributed by atoms with Gasteiger partial charge in [0.2, 0.25) is 0 Å². The summed E-state index contributed by atoms with van der Waals surface area (Å²) < 4.78 is 8.05. The van der Waals surface area contributed by atoms with Crippen LogP contribution in [-0.2, 0) is 18.2 Å². The van der Waals surface area contributed by atoms with Crippen molar-refractivity contribution in [2.45, 2.75) is 52.3 Å². The molecule has 1 fully saturated rings. The molecule has 120 valence electrons. The van der Waals surface area contributed by atoms with E-state index in [1.165, 1.54) is 5.69 Å². The summed E-state index contributed by atoms with van der Waals surface area (Å²) in [4.78, 5) is 2.51. The van der Waals surface area contributed by atoms with Gasteiger partial charge in [-0.05, 0) is 33.4 Å². The predicted molar refractivity (Wildman–Crippen MR) is 85.6 cm³/mol. The summed E-state index contributed by atoms with van der Waals surface area (Å²) in [6.45, 7) is 12.6. The van der Waals surface area contributed by atoms with Gasteiger partial charge in [-0.1, -0.05) is 6.92 Å². The van der Waals surface area contributed by atoms with Crippen LogP contribution in [0.15, 0.2) is 6.07 Å². The molecular formula is C16H30N4O. The minimum Gasteiger partial charge on any atom is -0.374 e. The standard InChI is InChI=1S/C16H30N4O/c1-6-17-15(10-14-9-13(4)18-19(14)5)16-11-20(12(2)3)7-8-21-16/h9,12,15-17H,6-8,10-11H2,1-5H3. The third-order valence-corrected chi connectivity index (χ3v) is 4.30. The lowest BCUT2D eigenvalue weighted by Gasteiger charge is -2.39. The van der Waals surface area contributed by atoms with Crippen molar-refractivity contribution < 1.29 is 4.74 Å². The molecule has 2 unspecified atom stereocenters. The lowest BCUT2D eigenvalue weighted by molar-refractivity contribution is -0.0552. The van der Waals surface area contributed by atoms with Gasteiger partial charge >= 0.3 is 0 Å². The fourth-order valence-corrected chi connectivity index (χ4v) is 3.09. The molecule has 0 aromatic carbocycles. The molecule has 1 aliphatic heterocycles. The average molecular weight is 294 g/mol. The Balaban J connectivity index is 2.05. The summed E-state index contributed by atoms with van der Waals surface area (Å²) in [5, 5.41) is 8.05. The molecule has 5 heteroatoms. The van der Waals surface area contributed by atoms with Crippen LogP contribution in [0.1, 0.15) is 32.2 Å². The lowest BCUT2D eigenvalue weighted by atomic mass is 10.0. The van der Waals surface area contributed by atoms with Gasteiger partial charge in [0, 0.05) is 44.3 Å². The van der Waals surface area contributed by atoms with Crippen LogP contribution >= 0.6 is 0 Å². The van der Waals surface area contributed by atoms with E-state index in [4.69, 9.17) is 4.74 Å². The van der Waals surface area contributed by atoms with Crippen LogP contribution in [0.4, 0.5) is 0 Å². The van der Waals surface area contributed by atoms with Crippen LogP contribution < -0.4 is 5.32 Å². The summed E-state index contributed by atoms with van der Waals surface area (Å²) in [6, 6.07) is 3.09. The van der Waals surface area contributed by atoms with Crippen molar-refractivity contribution in [2.75, 3.05) is 26.2 Å². The molecule has 2 rings (SSSR count). The SMILES string of the molecule is CCNC(Cc1cc(C)nn1C)C1CN(C(C)C)CCO1. The van der Waals surface area contributed by atoms with E-state index < -0.39 is 0 Å². The van der Waals surface area contributed by atoms with Gasteiger partial charge in [-0.3, -0.25) is 9.58 Å². The summed E-state index contributed by atoms with van der Waals surface area (Å²) in [5.74, 6) is 0. The van der Waals surface area contributed by atoms with E-state index >= 15 is 0 Å². The number of nitrogens with one attached hydrogen (secondary N) is 1. The van der Waals surface area contributed by atoms with Gasteiger partial charge in [-0.2, -0.15) is 5.10 Å². The molecule has 0 radical (unpaired) electrons. The second-order valence-electron chi connectivity index (χ2n) is 6.27. The first-order chi connectivity index (χ1) is 10.0. The van der Waals surface area contributed by atoms with E-state index in [1.54, 1.807) is 0 Å². The molecule has 2 heterocycles. The number of morpholine rings is 1. The van der Waals surface area contributed by atoms with Gasteiger partial charge in [-0.25, -0.2) is 0 Å². The van der Waals surface area contributed by atoms with Crippen LogP contribution in [0, 0.1) is 6.92 Å². The number of nitrogens with zero attached hydrogens (tertiary/aromatic N) is 3. The fraction of sp³-hybridized carbons (Fsp3) is 0.812. The zero-order chi connectivity index (χ0) is 15.4. The minimum atomic E-state index is 0.247. The molecule has 0 bridgehead atoms. The summed E-state index contributed by atoms with van der Waals surface area (Å²) in [5.41, 5.74) is 2.35. The summed E-state index contributed by atoms with van der Waals surface area (Å²) in [6.07, 6.45) is 1.21. The van der Waals surface area contributed by atoms with Crippen LogP contribution in [0.2, 0.25) is 0 Å². The highest BCUT2D eigenvalue weighted by Gasteiger charge is 2.29. The van der Waals surface area contributed by atoms with Crippen molar-refractivity contribution in [3.05, 3.63) is 17.5 Å². The van der Waals surface area contributed by atoms with E-state index in [1.807, 2.05) is 18.7 Å². The first-order valence-corrected chi connectivity index (χ1v) is 8.09. The second-order valence-corrected chi connectivity index (χ2v) is 6.27. The van der Waals surface area contributed by atoms with E-state index in [0.717, 1.165) is 38.4 Å². The zero-order valence-electron chi connectivity index (χ0n) is 14.1. The van der Waals surface area contributed by atoms with Crippen molar-refractivity contribution in [1.82, 2.24) is 20.0 Å². The molecule has 2 atom stereocenters. The molecule has 5 nitrogen and oxygen atoms in total. The van der Waals surface area contributed by atoms with Gasteiger partial charge in [-0.15, -0.1) is 0 Å². The third-order valence-electron chi connectivity index (χ3n) is 4.30. The summed E-state index contributed by atoms with van der Waals surface area (Å²) >= 11 is 0. The number of hydrogen-bond donors (Lipinski definition) is 1. The topological polar surface area (TPSA) is 42.3 Å². The monoisotopic (exact) mass is 294 g/mol. The third kappa shape index (κ3) is 4.28. The van der Waals surface area contributed by atoms with E-state index in [-0.39, 0.29) is 6.10 Å². The van der Waals surface area contributed by atoms with Crippen molar-refractivity contribution in [1.29, 1.82) is 0 Å². The Morgan fingerprint density at radius 3 is 2.81 bits per heavy atom. The van der Waals surface area contributed by atoms with Gasteiger partial charge in [0.1, 0.15) is 0 Å². The zero-order valence-corrected chi connectivity index (χ0v) is 14.1. The highest BCUT2D eigenvalue weighted by Crippen LogP contribution is 2.15. The molecule has 0 saturated carbocycles. The smallest absolute Gasteiger partial charge is 0.0859 e. The number of ether oxygens (including phenoxy) is 1. The lowest BCUT2D eigenvalue weighted by Crippen LogP contribution is -2.54. The van der Waals surface area contributed by atoms with E-state index in [0.29, 0.717) is 12.1 Å². The highest BCUT2D eigenvalue weighted by molar-refractivity contribution is 5.11. The molecule has 21 heavy (non-hydrogen) atoms. The number of aryl methyl sites for hydroxylation is 2. The molecule has 0 aliphatic carbocycles. The Bertz CT molecular complexity index is 443. The van der Waals surface area contributed by atoms with Crippen molar-refractivity contribution >= 4 is 0 Å². The maximum Gasteiger partial charge on any atom is 0.0859 e. The maximum atomic E-state index is 6.06. The quantitative estimate of drug-likeness (QED) is 0.860. The summed E-state index contributed by atoms with van der Waals surface area (Å²) in [7, 11) is 2.02. The largest absolute Gasteiger partial charge is 0.374 e. The Morgan fingerprint density at radius 2 is 2.24 bits per heavy atom. The van der Waals surface area contributed by atoms with Crippen molar-refractivity contribution in [3.63, 3.8) is 0 Å². The highest BCUT2D eigenvalue weighted by atomic mass is 16.5. The molecule has 0 amide bonds. The Kier molecular flexibility index (Phi) is 5.79. The Hall–Kier alpha value is -0.910. The van der Waals surface area contributed by atoms with E-state index in [9.17, 15) is 0 Å². The first-order valence-electron chi connectivity index (χ1n) is 8.09. The fourth-order valence-electron chi connectivity index (χ4n) is 3.09. The Morgan fingerprint density at radius 1 is 1.48 bits per heavy atom. The first kappa shape index (κ1) is 16.5. The normalized spacial score (nSPS) is 21.9. The number of hydrogen-bond acceptors (Lipinski definition) is 4. The van der Waals surface area contributed by atoms with Crippen LogP contribution in [-0.4, -0.2) is 59.1 Å². The van der Waals surface area contributed by atoms with Gasteiger partial charge in [0.05, 0.1) is 18.4 Å². The predicted octanol–water partition coefficient (Wildman–Crippen LogP) is 1.36. The van der Waals surface area contributed by atoms with Crippen LogP contribution in [0.25, 0.3) is 0 Å². The van der Waals surface area contributed by atoms with Crippen LogP contribution in [0.5, 0.6) is 0 Å². The second kappa shape index (κ2) is 7.38. The van der Waals surface area contributed by atoms with Gasteiger partial charge in [0.15, 0.2) is 0 Å². The molecular weight excluding hydrogens is 264 g/mol. The molecule has 1 aromatic rings. The Labute approximate surface area is 128 Å². The van der Waals surface area contributed by atoms with Crippen LogP contribution in [0.3, 0.4) is 0 Å². The van der Waals surface area contributed by atoms with E-state index in [2.05, 4.69) is 42.2 Å². The maximum absolute atomic E-state index is 6.06. The average Bonchev–Trinajstić information content (AvgIpc) is 2.76. The molecule has 1 aromatic heterocycles. The molecule has 0 spiro atoms. The minimum absolute atomic E-state index is 0.247. The number of aromatic nitrogens is 2. The molecule has 1 N–H and O–H groups in total. The number of rotatable bonds is 6. The molecule has 1 saturated heterocycles. The van der Waals surface area contributed by atoms with Gasteiger partial charge in [0.25, 0.3) is 0 Å². The molecule has 1 aliphatic rings. The van der Waals surface area contributed by atoms with Gasteiger partial charge < -0.3 is 10.1 Å². The van der Waals surface area contributed by atoms with Crippen molar-refractivity contribution in [2.24, 2.45) is 7.05 Å². The number of likely N-dealkylation sites (N-methyl/N-ethyl adjacent to an activating group) is 1. The van der Waals surface area contributed by atoms with Crippen molar-refractivity contribution in [3.8, 4) is 0 Å².